The van der Waals surface area contributed by atoms with Crippen LogP contribution in [0.25, 0.3) is 66.4 Å². The number of anilines is 3. The molecule has 1 aromatic heterocycles. The van der Waals surface area contributed by atoms with E-state index in [9.17, 15) is 5.48 Å². The lowest BCUT2D eigenvalue weighted by Gasteiger charge is -2.32. The Hall–Kier alpha value is -7.42. The first kappa shape index (κ1) is 29.7. The molecular weight excluding hydrogens is 727 g/mol. The van der Waals surface area contributed by atoms with Crippen molar-refractivity contribution < 1.29 is 9.90 Å². The van der Waals surface area contributed by atoms with Gasteiger partial charge < -0.3 is 9.32 Å². The molecule has 0 saturated carbocycles. The summed E-state index contributed by atoms with van der Waals surface area (Å²) in [6.45, 7) is 4.51. The van der Waals surface area contributed by atoms with Crippen LogP contribution < -0.4 is 4.90 Å². The van der Waals surface area contributed by atoms with Gasteiger partial charge in [0.25, 0.3) is 0 Å². The Bertz CT molecular complexity index is 3600. The lowest BCUT2D eigenvalue weighted by molar-refractivity contribution is 0.660. The molecule has 0 saturated heterocycles. The van der Waals surface area contributed by atoms with Crippen LogP contribution in [0.15, 0.2) is 205 Å². The summed E-state index contributed by atoms with van der Waals surface area (Å²) in [5.74, 6) is 0. The number of furan rings is 1. The highest BCUT2D eigenvalue weighted by molar-refractivity contribution is 6.06. The summed E-state index contributed by atoms with van der Waals surface area (Å²) < 4.78 is 45.6. The highest BCUT2D eigenvalue weighted by atomic mass is 16.3. The minimum absolute atomic E-state index is 0.106. The van der Waals surface area contributed by atoms with E-state index in [4.69, 9.17) is 4.42 Å². The molecule has 0 bridgehead atoms. The zero-order chi connectivity index (χ0) is 43.2. The van der Waals surface area contributed by atoms with Crippen LogP contribution in [0, 0.1) is 0 Å². The van der Waals surface area contributed by atoms with Gasteiger partial charge >= 0.3 is 0 Å². The number of benzene rings is 9. The normalized spacial score (nSPS) is 15.4. The molecule has 0 N–H and O–H groups in total. The second kappa shape index (κ2) is 12.1. The molecule has 0 fully saturated rings. The summed E-state index contributed by atoms with van der Waals surface area (Å²) in [7, 11) is 0. The fourth-order valence-electron chi connectivity index (χ4n) is 11.0. The first-order valence-electron chi connectivity index (χ1n) is 22.7. The van der Waals surface area contributed by atoms with Gasteiger partial charge in [-0.15, -0.1) is 0 Å². The van der Waals surface area contributed by atoms with Crippen molar-refractivity contribution in [3.63, 3.8) is 0 Å². The summed E-state index contributed by atoms with van der Waals surface area (Å²) in [5, 5.41) is 1.79. The molecule has 10 aromatic rings. The van der Waals surface area contributed by atoms with Crippen LogP contribution in [0.4, 0.5) is 17.1 Å². The van der Waals surface area contributed by atoms with Gasteiger partial charge in [0.1, 0.15) is 11.2 Å². The summed E-state index contributed by atoms with van der Waals surface area (Å²) in [6, 6.07) is 60.6. The third kappa shape index (κ3) is 4.32. The molecule has 2 nitrogen and oxygen atoms in total. The second-order valence-corrected chi connectivity index (χ2v) is 16.9. The highest BCUT2D eigenvalue weighted by Crippen LogP contribution is 2.65. The van der Waals surface area contributed by atoms with E-state index < -0.39 is 5.41 Å². The fraction of sp³-hybridized carbons (Fsp3) is 0.0690. The predicted molar refractivity (Wildman–Crippen MR) is 248 cm³/mol. The SMILES string of the molecule is [2H]c1c([2H])c(N(c2ccc3c(c2)C(C)(C)c2ccccc2-3)c2cccc3c2-c2ccccc2C32c3ccccc3-c3ccccc32)c([2H])c([2H])c1-c1ccc2oc3ccccc3c2c1. The van der Waals surface area contributed by atoms with Gasteiger partial charge in [0.05, 0.1) is 16.6 Å². The molecule has 13 rings (SSSR count). The molecule has 0 unspecified atom stereocenters. The Balaban J connectivity index is 1.10. The molecular formula is C58H39NO. The van der Waals surface area contributed by atoms with Crippen LogP contribution in [0.2, 0.25) is 0 Å². The zero-order valence-corrected chi connectivity index (χ0v) is 33.1. The molecule has 1 spiro atoms. The molecule has 2 heteroatoms. The fourth-order valence-corrected chi connectivity index (χ4v) is 11.0. The van der Waals surface area contributed by atoms with Gasteiger partial charge in [-0.1, -0.05) is 165 Å². The molecule has 3 aliphatic rings. The van der Waals surface area contributed by atoms with E-state index in [1.807, 2.05) is 47.4 Å². The predicted octanol–water partition coefficient (Wildman–Crippen LogP) is 15.4. The van der Waals surface area contributed by atoms with E-state index >= 15 is 0 Å². The van der Waals surface area contributed by atoms with Crippen LogP contribution in [0.5, 0.6) is 0 Å². The van der Waals surface area contributed by atoms with Gasteiger partial charge in [-0.3, -0.25) is 0 Å². The Kier molecular flexibility index (Phi) is 5.98. The van der Waals surface area contributed by atoms with Crippen molar-refractivity contribution >= 4 is 39.0 Å². The molecule has 282 valence electrons. The smallest absolute Gasteiger partial charge is 0.135 e. The molecule has 0 amide bonds. The summed E-state index contributed by atoms with van der Waals surface area (Å²) >= 11 is 0. The van der Waals surface area contributed by atoms with Crippen LogP contribution in [-0.4, -0.2) is 0 Å². The van der Waals surface area contributed by atoms with Gasteiger partial charge in [0.2, 0.25) is 0 Å². The number of para-hydroxylation sites is 1. The molecule has 0 atom stereocenters. The number of hydrogen-bond donors (Lipinski definition) is 0. The molecule has 60 heavy (non-hydrogen) atoms. The van der Waals surface area contributed by atoms with Gasteiger partial charge in [-0.05, 0) is 121 Å². The first-order chi connectivity index (χ1) is 31.2. The van der Waals surface area contributed by atoms with E-state index in [2.05, 4.69) is 147 Å². The van der Waals surface area contributed by atoms with Crippen molar-refractivity contribution in [1.29, 1.82) is 0 Å². The Morgan fingerprint density at radius 2 is 0.983 bits per heavy atom. The Labute approximate surface area is 355 Å². The van der Waals surface area contributed by atoms with Crippen molar-refractivity contribution in [3.8, 4) is 44.5 Å². The van der Waals surface area contributed by atoms with E-state index in [1.54, 1.807) is 0 Å². The maximum absolute atomic E-state index is 10.00. The second-order valence-electron chi connectivity index (χ2n) is 16.9. The topological polar surface area (TPSA) is 16.4 Å². The molecule has 0 aliphatic heterocycles. The third-order valence-corrected chi connectivity index (χ3v) is 13.6. The Morgan fingerprint density at radius 3 is 1.72 bits per heavy atom. The number of hydrogen-bond acceptors (Lipinski definition) is 2. The largest absolute Gasteiger partial charge is 0.456 e. The maximum atomic E-state index is 10.00. The van der Waals surface area contributed by atoms with E-state index in [-0.39, 0.29) is 40.8 Å². The molecule has 1 heterocycles. The summed E-state index contributed by atoms with van der Waals surface area (Å²) in [6.07, 6.45) is 0. The van der Waals surface area contributed by atoms with Crippen molar-refractivity contribution in [2.24, 2.45) is 0 Å². The van der Waals surface area contributed by atoms with Crippen molar-refractivity contribution in [1.82, 2.24) is 0 Å². The van der Waals surface area contributed by atoms with E-state index in [1.165, 1.54) is 38.9 Å². The van der Waals surface area contributed by atoms with Crippen LogP contribution in [0.3, 0.4) is 0 Å². The van der Waals surface area contributed by atoms with Gasteiger partial charge in [-0.25, -0.2) is 0 Å². The monoisotopic (exact) mass is 769 g/mol. The third-order valence-electron chi connectivity index (χ3n) is 13.6. The average molecular weight is 770 g/mol. The number of fused-ring (bicyclic) bond motifs is 16. The van der Waals surface area contributed by atoms with E-state index in [0.29, 0.717) is 11.1 Å². The van der Waals surface area contributed by atoms with Gasteiger partial charge in [0, 0.05) is 33.1 Å². The van der Waals surface area contributed by atoms with Gasteiger partial charge in [-0.2, -0.15) is 0 Å². The van der Waals surface area contributed by atoms with Crippen molar-refractivity contribution in [2.75, 3.05) is 4.90 Å². The van der Waals surface area contributed by atoms with Crippen molar-refractivity contribution in [2.45, 2.75) is 24.7 Å². The number of nitrogens with zero attached hydrogens (tertiary/aromatic N) is 1. The molecule has 9 aromatic carbocycles. The molecule has 0 radical (unpaired) electrons. The standard InChI is InChI=1S/C58H39NO/c1-57(2)47-19-8-3-14-40(47)43-32-31-39(35-52(43)57)59(38-29-26-36(27-30-38)37-28-33-55-46(34-37)44-17-7-12-25-54(44)60-55)53-24-13-23-51-56(53)45-18-6-11-22-50(45)58(51)48-20-9-4-15-41(48)42-16-5-10-21-49(42)58/h3-35H,1-2H3/i26D,27D,29D,30D. The van der Waals surface area contributed by atoms with Crippen LogP contribution in [-0.2, 0) is 10.8 Å². The lowest BCUT2D eigenvalue weighted by Crippen LogP contribution is -2.26. The van der Waals surface area contributed by atoms with E-state index in [0.717, 1.165) is 55.5 Å². The Morgan fingerprint density at radius 1 is 0.417 bits per heavy atom. The minimum Gasteiger partial charge on any atom is -0.456 e. The average Bonchev–Trinajstić information content (AvgIpc) is 4.02. The number of rotatable bonds is 4. The van der Waals surface area contributed by atoms with Crippen LogP contribution >= 0.6 is 0 Å². The van der Waals surface area contributed by atoms with Crippen LogP contribution in [0.1, 0.15) is 52.7 Å². The van der Waals surface area contributed by atoms with Crippen molar-refractivity contribution in [3.05, 3.63) is 233 Å². The highest BCUT2D eigenvalue weighted by Gasteiger charge is 2.52. The minimum atomic E-state index is -0.614. The maximum Gasteiger partial charge on any atom is 0.135 e. The quantitative estimate of drug-likeness (QED) is 0.177. The molecule has 3 aliphatic carbocycles. The van der Waals surface area contributed by atoms with Gasteiger partial charge in [0.15, 0.2) is 0 Å². The first-order valence-corrected chi connectivity index (χ1v) is 20.7. The lowest BCUT2D eigenvalue weighted by atomic mass is 9.70. The summed E-state index contributed by atoms with van der Waals surface area (Å²) in [5.41, 5.74) is 17.1. The zero-order valence-electron chi connectivity index (χ0n) is 37.1. The summed E-state index contributed by atoms with van der Waals surface area (Å²) in [4.78, 5) is 2.01.